The van der Waals surface area contributed by atoms with Gasteiger partial charge in [0.25, 0.3) is 11.6 Å². The third-order valence-corrected chi connectivity index (χ3v) is 3.42. The van der Waals surface area contributed by atoms with Gasteiger partial charge in [0.15, 0.2) is 0 Å². The van der Waals surface area contributed by atoms with E-state index in [0.717, 1.165) is 0 Å². The van der Waals surface area contributed by atoms with E-state index in [1.54, 1.807) is 6.07 Å². The summed E-state index contributed by atoms with van der Waals surface area (Å²) in [5.41, 5.74) is 5.30. The second kappa shape index (κ2) is 5.79. The molecule has 0 aliphatic carbocycles. The number of non-ortho nitro benzene ring substituents is 1. The molecule has 6 nitrogen and oxygen atoms in total. The van der Waals surface area contributed by atoms with Crippen LogP contribution in [0.5, 0.6) is 0 Å². The van der Waals surface area contributed by atoms with Gasteiger partial charge in [-0.1, -0.05) is 19.9 Å². The molecule has 0 aliphatic rings. The van der Waals surface area contributed by atoms with Crippen molar-refractivity contribution in [2.24, 2.45) is 11.7 Å². The van der Waals surface area contributed by atoms with Crippen LogP contribution in [0.4, 0.5) is 5.69 Å². The number of hydrogen-bond donors (Lipinski definition) is 2. The number of benzene rings is 1. The molecule has 19 heavy (non-hydrogen) atoms. The zero-order valence-electron chi connectivity index (χ0n) is 11.3. The summed E-state index contributed by atoms with van der Waals surface area (Å²) in [7, 11) is 0. The summed E-state index contributed by atoms with van der Waals surface area (Å²) in [4.78, 5) is 22.3. The van der Waals surface area contributed by atoms with Crippen molar-refractivity contribution in [3.63, 3.8) is 0 Å². The number of carbonyl (C=O) groups excluding carboxylic acids is 1. The van der Waals surface area contributed by atoms with Crippen molar-refractivity contribution >= 4 is 11.6 Å². The van der Waals surface area contributed by atoms with Crippen molar-refractivity contribution < 1.29 is 9.72 Å². The number of carbonyl (C=O) groups is 1. The lowest BCUT2D eigenvalue weighted by atomic mass is 9.88. The van der Waals surface area contributed by atoms with Crippen molar-refractivity contribution in [1.82, 2.24) is 5.32 Å². The van der Waals surface area contributed by atoms with Crippen LogP contribution in [0.2, 0.25) is 0 Å². The second-order valence-corrected chi connectivity index (χ2v) is 5.04. The Morgan fingerprint density at radius 3 is 2.63 bits per heavy atom. The highest BCUT2D eigenvalue weighted by Crippen LogP contribution is 2.17. The monoisotopic (exact) mass is 265 g/mol. The summed E-state index contributed by atoms with van der Waals surface area (Å²) in [5.74, 6) is -0.203. The Kier molecular flexibility index (Phi) is 4.61. The quantitative estimate of drug-likeness (QED) is 0.625. The summed E-state index contributed by atoms with van der Waals surface area (Å²) < 4.78 is 0. The van der Waals surface area contributed by atoms with Gasteiger partial charge in [-0.15, -0.1) is 0 Å². The summed E-state index contributed by atoms with van der Waals surface area (Å²) in [6.45, 7) is 6.07. The lowest BCUT2D eigenvalue weighted by molar-refractivity contribution is -0.384. The minimum atomic E-state index is -0.540. The molecule has 1 aromatic carbocycles. The molecule has 1 amide bonds. The van der Waals surface area contributed by atoms with Gasteiger partial charge in [0.2, 0.25) is 0 Å². The van der Waals surface area contributed by atoms with Crippen LogP contribution >= 0.6 is 0 Å². The van der Waals surface area contributed by atoms with Crippen LogP contribution in [0.3, 0.4) is 0 Å². The largest absolute Gasteiger partial charge is 0.345 e. The molecule has 1 atom stereocenters. The SMILES string of the molecule is CC(C)C(C)(CN)NC(=O)c1cccc([N+](=O)[O-])c1. The number of nitrogens with zero attached hydrogens (tertiary/aromatic N) is 1. The van der Waals surface area contributed by atoms with Gasteiger partial charge in [-0.2, -0.15) is 0 Å². The zero-order chi connectivity index (χ0) is 14.6. The first kappa shape index (κ1) is 15.1. The summed E-state index contributed by atoms with van der Waals surface area (Å²) in [6, 6.07) is 5.63. The molecule has 6 heteroatoms. The van der Waals surface area contributed by atoms with Crippen molar-refractivity contribution in [3.8, 4) is 0 Å². The van der Waals surface area contributed by atoms with E-state index in [1.807, 2.05) is 20.8 Å². The highest BCUT2D eigenvalue weighted by atomic mass is 16.6. The topological polar surface area (TPSA) is 98.3 Å². The Morgan fingerprint density at radius 1 is 1.53 bits per heavy atom. The van der Waals surface area contributed by atoms with E-state index in [4.69, 9.17) is 5.73 Å². The van der Waals surface area contributed by atoms with E-state index in [-0.39, 0.29) is 23.1 Å². The minimum Gasteiger partial charge on any atom is -0.345 e. The van der Waals surface area contributed by atoms with E-state index in [0.29, 0.717) is 6.54 Å². The first-order chi connectivity index (χ1) is 8.80. The molecule has 0 radical (unpaired) electrons. The molecule has 3 N–H and O–H groups in total. The number of nitro groups is 1. The van der Waals surface area contributed by atoms with Crippen LogP contribution in [-0.4, -0.2) is 22.9 Å². The highest BCUT2D eigenvalue weighted by Gasteiger charge is 2.29. The molecule has 0 heterocycles. The number of nitrogens with two attached hydrogens (primary N) is 1. The normalized spacial score (nSPS) is 13.9. The minimum absolute atomic E-state index is 0.105. The average molecular weight is 265 g/mol. The Morgan fingerprint density at radius 2 is 2.16 bits per heavy atom. The van der Waals surface area contributed by atoms with Crippen molar-refractivity contribution in [2.45, 2.75) is 26.3 Å². The Hall–Kier alpha value is -1.95. The number of amides is 1. The van der Waals surface area contributed by atoms with Gasteiger partial charge in [0, 0.05) is 24.2 Å². The standard InChI is InChI=1S/C13H19N3O3/c1-9(2)13(3,8-14)15-12(17)10-5-4-6-11(7-10)16(18)19/h4-7,9H,8,14H2,1-3H3,(H,15,17). The molecule has 0 saturated carbocycles. The van der Waals surface area contributed by atoms with Gasteiger partial charge in [-0.25, -0.2) is 0 Å². The van der Waals surface area contributed by atoms with Gasteiger partial charge in [-0.05, 0) is 18.9 Å². The second-order valence-electron chi connectivity index (χ2n) is 5.04. The Bertz CT molecular complexity index is 488. The molecule has 0 bridgehead atoms. The molecular formula is C13H19N3O3. The van der Waals surface area contributed by atoms with Gasteiger partial charge in [0.05, 0.1) is 10.5 Å². The summed E-state index contributed by atoms with van der Waals surface area (Å²) in [5, 5.41) is 13.5. The fraction of sp³-hybridized carbons (Fsp3) is 0.462. The van der Waals surface area contributed by atoms with E-state index in [2.05, 4.69) is 5.32 Å². The predicted octanol–water partition coefficient (Wildman–Crippen LogP) is 1.70. The maximum Gasteiger partial charge on any atom is 0.270 e. The lowest BCUT2D eigenvalue weighted by Crippen LogP contribution is -2.55. The molecule has 0 aromatic heterocycles. The maximum atomic E-state index is 12.1. The first-order valence-corrected chi connectivity index (χ1v) is 6.07. The fourth-order valence-corrected chi connectivity index (χ4v) is 1.52. The number of hydrogen-bond acceptors (Lipinski definition) is 4. The van der Waals surface area contributed by atoms with Crippen LogP contribution in [-0.2, 0) is 0 Å². The number of nitrogens with one attached hydrogen (secondary N) is 1. The molecule has 104 valence electrons. The maximum absolute atomic E-state index is 12.1. The summed E-state index contributed by atoms with van der Waals surface area (Å²) in [6.07, 6.45) is 0. The van der Waals surface area contributed by atoms with Gasteiger partial charge in [0.1, 0.15) is 0 Å². The summed E-state index contributed by atoms with van der Waals surface area (Å²) >= 11 is 0. The van der Waals surface area contributed by atoms with E-state index in [9.17, 15) is 14.9 Å². The van der Waals surface area contributed by atoms with E-state index >= 15 is 0 Å². The molecule has 1 unspecified atom stereocenters. The number of rotatable bonds is 5. The van der Waals surface area contributed by atoms with Crippen molar-refractivity contribution in [2.75, 3.05) is 6.54 Å². The van der Waals surface area contributed by atoms with Crippen LogP contribution in [0, 0.1) is 16.0 Å². The van der Waals surface area contributed by atoms with Gasteiger partial charge >= 0.3 is 0 Å². The highest BCUT2D eigenvalue weighted by molar-refractivity contribution is 5.95. The molecular weight excluding hydrogens is 246 g/mol. The predicted molar refractivity (Wildman–Crippen MR) is 72.9 cm³/mol. The van der Waals surface area contributed by atoms with Crippen LogP contribution in [0.15, 0.2) is 24.3 Å². The van der Waals surface area contributed by atoms with Crippen LogP contribution in [0.1, 0.15) is 31.1 Å². The molecule has 0 saturated heterocycles. The number of nitro benzene ring substituents is 1. The molecule has 1 rings (SSSR count). The van der Waals surface area contributed by atoms with Crippen molar-refractivity contribution in [1.29, 1.82) is 0 Å². The lowest BCUT2D eigenvalue weighted by Gasteiger charge is -2.33. The van der Waals surface area contributed by atoms with Gasteiger partial charge < -0.3 is 11.1 Å². The van der Waals surface area contributed by atoms with E-state index < -0.39 is 10.5 Å². The van der Waals surface area contributed by atoms with E-state index in [1.165, 1.54) is 18.2 Å². The molecule has 0 spiro atoms. The Balaban J connectivity index is 2.95. The molecule has 0 aliphatic heterocycles. The third-order valence-electron chi connectivity index (χ3n) is 3.42. The first-order valence-electron chi connectivity index (χ1n) is 6.07. The average Bonchev–Trinajstić information content (AvgIpc) is 2.38. The zero-order valence-corrected chi connectivity index (χ0v) is 11.3. The third kappa shape index (κ3) is 3.51. The van der Waals surface area contributed by atoms with Crippen molar-refractivity contribution in [3.05, 3.63) is 39.9 Å². The van der Waals surface area contributed by atoms with Gasteiger partial charge in [-0.3, -0.25) is 14.9 Å². The molecule has 0 fully saturated rings. The molecule has 1 aromatic rings. The van der Waals surface area contributed by atoms with Crippen LogP contribution in [0.25, 0.3) is 0 Å². The Labute approximate surface area is 112 Å². The fourth-order valence-electron chi connectivity index (χ4n) is 1.52. The smallest absolute Gasteiger partial charge is 0.270 e. The van der Waals surface area contributed by atoms with Crippen LogP contribution < -0.4 is 11.1 Å².